The van der Waals surface area contributed by atoms with Gasteiger partial charge in [-0.25, -0.2) is 4.98 Å². The molecule has 2 amide bonds. The van der Waals surface area contributed by atoms with Gasteiger partial charge in [0.25, 0.3) is 17.5 Å². The summed E-state index contributed by atoms with van der Waals surface area (Å²) in [4.78, 5) is 33.7. The minimum absolute atomic E-state index is 0.0973. The molecule has 31 heavy (non-hydrogen) atoms. The molecule has 7 nitrogen and oxygen atoms in total. The molecule has 0 unspecified atom stereocenters. The van der Waals surface area contributed by atoms with Crippen LogP contribution in [0.3, 0.4) is 0 Å². The second kappa shape index (κ2) is 7.96. The van der Waals surface area contributed by atoms with Crippen LogP contribution in [0.4, 0.5) is 5.69 Å². The fourth-order valence-electron chi connectivity index (χ4n) is 3.45. The fourth-order valence-corrected chi connectivity index (χ4v) is 4.38. The van der Waals surface area contributed by atoms with Crippen LogP contribution in [0.1, 0.15) is 36.2 Å². The van der Waals surface area contributed by atoms with Gasteiger partial charge in [0.15, 0.2) is 0 Å². The first-order valence-corrected chi connectivity index (χ1v) is 10.5. The normalized spacial score (nSPS) is 11.0. The maximum atomic E-state index is 13.2. The lowest BCUT2D eigenvalue weighted by Gasteiger charge is -2.11. The Morgan fingerprint density at radius 3 is 2.39 bits per heavy atom. The Hall–Kier alpha value is -3.52. The number of anilines is 1. The molecule has 0 bridgehead atoms. The molecule has 8 heteroatoms. The van der Waals surface area contributed by atoms with Crippen LogP contribution < -0.4 is 5.32 Å². The van der Waals surface area contributed by atoms with Crippen molar-refractivity contribution < 1.29 is 14.1 Å². The fraction of sp³-hybridized carbons (Fsp3) is 0.217. The Labute approximate surface area is 183 Å². The van der Waals surface area contributed by atoms with Crippen LogP contribution in [0.15, 0.2) is 40.9 Å². The van der Waals surface area contributed by atoms with Gasteiger partial charge in [0.05, 0.1) is 22.3 Å². The molecule has 0 aliphatic carbocycles. The van der Waals surface area contributed by atoms with E-state index in [0.29, 0.717) is 39.3 Å². The zero-order valence-electron chi connectivity index (χ0n) is 17.9. The van der Waals surface area contributed by atoms with Crippen molar-refractivity contribution >= 4 is 39.9 Å². The standard InChI is InChI=1S/C23H22N4O3S/c1-12-10-17(14(3)31-12)19-11-18(20-13(2)26-30-22(20)25-19)21(28)24-16-8-6-15(7-9-16)23(29)27(4)5/h6-11H,1-5H3,(H,24,28). The van der Waals surface area contributed by atoms with Gasteiger partial charge in [-0.3, -0.25) is 9.59 Å². The summed E-state index contributed by atoms with van der Waals surface area (Å²) in [7, 11) is 3.39. The quantitative estimate of drug-likeness (QED) is 0.497. The monoisotopic (exact) mass is 434 g/mol. The van der Waals surface area contributed by atoms with E-state index in [9.17, 15) is 9.59 Å². The van der Waals surface area contributed by atoms with E-state index < -0.39 is 0 Å². The number of hydrogen-bond acceptors (Lipinski definition) is 6. The predicted molar refractivity (Wildman–Crippen MR) is 122 cm³/mol. The summed E-state index contributed by atoms with van der Waals surface area (Å²) in [5.41, 5.74) is 4.15. The zero-order valence-corrected chi connectivity index (χ0v) is 18.8. The number of nitrogens with zero attached hydrogens (tertiary/aromatic N) is 3. The SMILES string of the molecule is Cc1cc(-c2cc(C(=O)Nc3ccc(C(=O)N(C)C)cc3)c3c(C)noc3n2)c(C)s1. The highest BCUT2D eigenvalue weighted by Crippen LogP contribution is 2.33. The van der Waals surface area contributed by atoms with Gasteiger partial charge < -0.3 is 14.7 Å². The van der Waals surface area contributed by atoms with E-state index in [-0.39, 0.29) is 11.8 Å². The summed E-state index contributed by atoms with van der Waals surface area (Å²) in [5, 5.41) is 7.49. The summed E-state index contributed by atoms with van der Waals surface area (Å²) >= 11 is 1.68. The largest absolute Gasteiger partial charge is 0.345 e. The third-order valence-corrected chi connectivity index (χ3v) is 5.94. The van der Waals surface area contributed by atoms with Crippen molar-refractivity contribution in [1.29, 1.82) is 0 Å². The van der Waals surface area contributed by atoms with E-state index in [0.717, 1.165) is 10.4 Å². The molecule has 0 radical (unpaired) electrons. The Bertz CT molecular complexity index is 1300. The summed E-state index contributed by atoms with van der Waals surface area (Å²) < 4.78 is 5.38. The minimum Gasteiger partial charge on any atom is -0.345 e. The molecule has 0 saturated carbocycles. The molecule has 4 rings (SSSR count). The van der Waals surface area contributed by atoms with E-state index >= 15 is 0 Å². The molecular formula is C23H22N4O3S. The van der Waals surface area contributed by atoms with Crippen molar-refractivity contribution in [3.8, 4) is 11.3 Å². The van der Waals surface area contributed by atoms with E-state index in [2.05, 4.69) is 21.5 Å². The lowest BCUT2D eigenvalue weighted by molar-refractivity contribution is 0.0827. The Balaban J connectivity index is 1.71. The third-order valence-electron chi connectivity index (χ3n) is 4.97. The lowest BCUT2D eigenvalue weighted by Crippen LogP contribution is -2.21. The second-order valence-corrected chi connectivity index (χ2v) is 9.02. The number of aromatic nitrogens is 2. The molecule has 3 aromatic heterocycles. The Morgan fingerprint density at radius 1 is 1.06 bits per heavy atom. The van der Waals surface area contributed by atoms with Gasteiger partial charge in [0.1, 0.15) is 0 Å². The molecule has 0 atom stereocenters. The summed E-state index contributed by atoms with van der Waals surface area (Å²) in [6.45, 7) is 5.85. The molecule has 4 aromatic rings. The predicted octanol–water partition coefficient (Wildman–Crippen LogP) is 4.83. The molecule has 0 saturated heterocycles. The van der Waals surface area contributed by atoms with E-state index in [4.69, 9.17) is 4.52 Å². The van der Waals surface area contributed by atoms with Crippen molar-refractivity contribution in [1.82, 2.24) is 15.0 Å². The van der Waals surface area contributed by atoms with E-state index in [1.54, 1.807) is 62.7 Å². The van der Waals surface area contributed by atoms with Crippen molar-refractivity contribution in [3.63, 3.8) is 0 Å². The van der Waals surface area contributed by atoms with Crippen LogP contribution in [-0.4, -0.2) is 41.0 Å². The maximum Gasteiger partial charge on any atom is 0.259 e. The number of thiophene rings is 1. The number of fused-ring (bicyclic) bond motifs is 1. The molecule has 1 N–H and O–H groups in total. The van der Waals surface area contributed by atoms with Gasteiger partial charge in [-0.2, -0.15) is 0 Å². The maximum absolute atomic E-state index is 13.2. The van der Waals surface area contributed by atoms with Crippen LogP contribution >= 0.6 is 11.3 Å². The van der Waals surface area contributed by atoms with Crippen LogP contribution in [0.25, 0.3) is 22.4 Å². The van der Waals surface area contributed by atoms with Crippen LogP contribution in [-0.2, 0) is 0 Å². The smallest absolute Gasteiger partial charge is 0.259 e. The van der Waals surface area contributed by atoms with Gasteiger partial charge in [0, 0.05) is 40.7 Å². The van der Waals surface area contributed by atoms with Gasteiger partial charge >= 0.3 is 0 Å². The first-order valence-electron chi connectivity index (χ1n) is 9.72. The molecule has 0 fully saturated rings. The highest BCUT2D eigenvalue weighted by molar-refractivity contribution is 7.12. The summed E-state index contributed by atoms with van der Waals surface area (Å²) in [6, 6.07) is 10.6. The molecule has 1 aromatic carbocycles. The molecule has 3 heterocycles. The van der Waals surface area contributed by atoms with Crippen molar-refractivity contribution in [2.75, 3.05) is 19.4 Å². The zero-order chi connectivity index (χ0) is 22.3. The first-order chi connectivity index (χ1) is 14.7. The van der Waals surface area contributed by atoms with Crippen LogP contribution in [0.2, 0.25) is 0 Å². The number of benzene rings is 1. The number of aryl methyl sites for hydroxylation is 3. The average Bonchev–Trinajstić information content (AvgIpc) is 3.28. The number of amides is 2. The van der Waals surface area contributed by atoms with Crippen molar-refractivity contribution in [2.45, 2.75) is 20.8 Å². The van der Waals surface area contributed by atoms with Gasteiger partial charge in [-0.1, -0.05) is 5.16 Å². The molecule has 0 aliphatic heterocycles. The molecular weight excluding hydrogens is 412 g/mol. The highest BCUT2D eigenvalue weighted by atomic mass is 32.1. The summed E-state index contributed by atoms with van der Waals surface area (Å²) in [5.74, 6) is -0.392. The number of rotatable bonds is 4. The number of carbonyl (C=O) groups is 2. The second-order valence-electron chi connectivity index (χ2n) is 7.56. The molecule has 158 valence electrons. The van der Waals surface area contributed by atoms with E-state index in [1.165, 1.54) is 9.78 Å². The van der Waals surface area contributed by atoms with Crippen LogP contribution in [0, 0.1) is 20.8 Å². The van der Waals surface area contributed by atoms with Crippen LogP contribution in [0.5, 0.6) is 0 Å². The summed E-state index contributed by atoms with van der Waals surface area (Å²) in [6.07, 6.45) is 0. The van der Waals surface area contributed by atoms with Gasteiger partial charge in [0.2, 0.25) is 0 Å². The average molecular weight is 435 g/mol. The third kappa shape index (κ3) is 3.94. The topological polar surface area (TPSA) is 88.3 Å². The first kappa shape index (κ1) is 20.7. The Morgan fingerprint density at radius 2 is 1.77 bits per heavy atom. The van der Waals surface area contributed by atoms with Crippen molar-refractivity contribution in [2.24, 2.45) is 0 Å². The van der Waals surface area contributed by atoms with Gasteiger partial charge in [-0.05, 0) is 57.2 Å². The van der Waals surface area contributed by atoms with Gasteiger partial charge in [-0.15, -0.1) is 11.3 Å². The minimum atomic E-state index is -0.295. The lowest BCUT2D eigenvalue weighted by atomic mass is 10.1. The number of nitrogens with one attached hydrogen (secondary N) is 1. The number of carbonyl (C=O) groups excluding carboxylic acids is 2. The molecule has 0 spiro atoms. The van der Waals surface area contributed by atoms with Crippen molar-refractivity contribution in [3.05, 3.63) is 63.0 Å². The number of pyridine rings is 1. The number of hydrogen-bond donors (Lipinski definition) is 1. The van der Waals surface area contributed by atoms with E-state index in [1.807, 2.05) is 13.8 Å². The highest BCUT2D eigenvalue weighted by Gasteiger charge is 2.21. The Kier molecular flexibility index (Phi) is 5.32. The molecule has 0 aliphatic rings.